The number of anilines is 2. The fraction of sp³-hybridized carbons (Fsp3) is 0.435. The van der Waals surface area contributed by atoms with Crippen LogP contribution in [0.4, 0.5) is 17.1 Å². The van der Waals surface area contributed by atoms with Gasteiger partial charge in [0.1, 0.15) is 5.75 Å². The number of ether oxygens (including phenoxy) is 2. The average Bonchev–Trinajstić information content (AvgIpc) is 2.69. The van der Waals surface area contributed by atoms with Gasteiger partial charge in [-0.15, -0.1) is 0 Å². The van der Waals surface area contributed by atoms with Crippen LogP contribution in [0.15, 0.2) is 42.5 Å². The van der Waals surface area contributed by atoms with E-state index < -0.39 is 5.79 Å². The highest BCUT2D eigenvalue weighted by atomic mass is 16.7. The van der Waals surface area contributed by atoms with Gasteiger partial charge in [-0.2, -0.15) is 0 Å². The molecule has 0 aromatic heterocycles. The van der Waals surface area contributed by atoms with Crippen LogP contribution < -0.4 is 10.1 Å². The van der Waals surface area contributed by atoms with Gasteiger partial charge < -0.3 is 14.8 Å². The molecular weight excluding hydrogens is 350 g/mol. The Morgan fingerprint density at radius 1 is 1.04 bits per heavy atom. The smallest absolute Gasteiger partial charge is 0.213 e. The van der Waals surface area contributed by atoms with E-state index in [1.807, 2.05) is 36.4 Å². The molecule has 5 nitrogen and oxygen atoms in total. The molecule has 5 rings (SSSR count). The first kappa shape index (κ1) is 17.5. The number of benzene rings is 2. The van der Waals surface area contributed by atoms with Gasteiger partial charge in [-0.05, 0) is 43.2 Å². The Morgan fingerprint density at radius 3 is 2.46 bits per heavy atom. The lowest BCUT2D eigenvalue weighted by Crippen LogP contribution is -2.54. The van der Waals surface area contributed by atoms with Crippen LogP contribution in [0, 0.1) is 6.57 Å². The molecule has 1 saturated heterocycles. The molecule has 2 aromatic rings. The lowest BCUT2D eigenvalue weighted by Gasteiger charge is -2.47. The number of hydrogen-bond acceptors (Lipinski definition) is 4. The summed E-state index contributed by atoms with van der Waals surface area (Å²) in [4.78, 5) is 6.04. The lowest BCUT2D eigenvalue weighted by molar-refractivity contribution is -0.231. The topological polar surface area (TPSA) is 38.1 Å². The Morgan fingerprint density at radius 2 is 1.79 bits per heavy atom. The normalized spacial score (nSPS) is 21.2. The molecule has 28 heavy (non-hydrogen) atoms. The molecule has 0 atom stereocenters. The van der Waals surface area contributed by atoms with Crippen LogP contribution >= 0.6 is 0 Å². The highest BCUT2D eigenvalue weighted by Crippen LogP contribution is 2.40. The Bertz CT molecular complexity index is 891. The third-order valence-electron chi connectivity index (χ3n) is 6.28. The number of fused-ring (bicyclic) bond motifs is 1. The summed E-state index contributed by atoms with van der Waals surface area (Å²) in [6.07, 6.45) is 5.97. The van der Waals surface area contributed by atoms with Crippen LogP contribution in [0.25, 0.3) is 4.85 Å². The second-order valence-electron chi connectivity index (χ2n) is 8.03. The van der Waals surface area contributed by atoms with Crippen LogP contribution in [0.1, 0.15) is 37.7 Å². The number of piperidine rings is 1. The summed E-state index contributed by atoms with van der Waals surface area (Å²) in [7, 11) is 0. The summed E-state index contributed by atoms with van der Waals surface area (Å²) in [6, 6.07) is 14.5. The first-order valence-electron chi connectivity index (χ1n) is 10.2. The van der Waals surface area contributed by atoms with Crippen molar-refractivity contribution in [3.05, 3.63) is 59.4 Å². The van der Waals surface area contributed by atoms with Gasteiger partial charge >= 0.3 is 0 Å². The molecule has 144 valence electrons. The van der Waals surface area contributed by atoms with Gasteiger partial charge in [0.15, 0.2) is 5.69 Å². The van der Waals surface area contributed by atoms with Crippen LogP contribution in [0.2, 0.25) is 0 Å². The van der Waals surface area contributed by atoms with Gasteiger partial charge in [0, 0.05) is 48.9 Å². The molecule has 2 fully saturated rings. The van der Waals surface area contributed by atoms with Gasteiger partial charge in [0.05, 0.1) is 13.2 Å². The molecular formula is C23H25N3O2. The number of nitrogens with one attached hydrogen (secondary N) is 1. The van der Waals surface area contributed by atoms with Crippen LogP contribution in [-0.2, 0) is 11.3 Å². The van der Waals surface area contributed by atoms with E-state index in [9.17, 15) is 0 Å². The predicted octanol–water partition coefficient (Wildman–Crippen LogP) is 5.23. The lowest BCUT2D eigenvalue weighted by atomic mass is 9.89. The van der Waals surface area contributed by atoms with E-state index in [4.69, 9.17) is 16.0 Å². The monoisotopic (exact) mass is 375 g/mol. The van der Waals surface area contributed by atoms with Crippen LogP contribution in [-0.4, -0.2) is 29.8 Å². The van der Waals surface area contributed by atoms with Gasteiger partial charge in [-0.25, -0.2) is 4.85 Å². The fourth-order valence-electron chi connectivity index (χ4n) is 4.32. The van der Waals surface area contributed by atoms with E-state index in [0.29, 0.717) is 12.3 Å². The summed E-state index contributed by atoms with van der Waals surface area (Å²) < 4.78 is 12.6. The number of rotatable bonds is 3. The quantitative estimate of drug-likeness (QED) is 0.745. The van der Waals surface area contributed by atoms with Gasteiger partial charge in [0.25, 0.3) is 0 Å². The second-order valence-corrected chi connectivity index (χ2v) is 8.03. The third kappa shape index (κ3) is 3.34. The average molecular weight is 375 g/mol. The Labute approximate surface area is 166 Å². The summed E-state index contributed by atoms with van der Waals surface area (Å²) in [6.45, 7) is 9.77. The van der Waals surface area contributed by atoms with Crippen molar-refractivity contribution in [3.63, 3.8) is 0 Å². The van der Waals surface area contributed by atoms with Crippen molar-refractivity contribution >= 4 is 17.1 Å². The van der Waals surface area contributed by atoms with Crippen molar-refractivity contribution in [3.8, 4) is 5.75 Å². The molecule has 0 amide bonds. The molecule has 0 unspecified atom stereocenters. The van der Waals surface area contributed by atoms with Crippen LogP contribution in [0.3, 0.4) is 0 Å². The second kappa shape index (κ2) is 7.12. The van der Waals surface area contributed by atoms with Gasteiger partial charge in [-0.1, -0.05) is 18.6 Å². The highest BCUT2D eigenvalue weighted by Gasteiger charge is 2.42. The number of likely N-dealkylation sites (tertiary alicyclic amines) is 1. The standard InChI is InChI=1S/C23H25N3O2/c1-24-18-5-7-19(8-6-18)25-20-9-10-22-17(15-20)16-27-23(28-22)11-13-26(14-12-23)21-3-2-4-21/h5-10,15,21,25H,2-4,11-14,16H2. The third-order valence-corrected chi connectivity index (χ3v) is 6.28. The van der Waals surface area contributed by atoms with Crippen molar-refractivity contribution in [1.29, 1.82) is 0 Å². The molecule has 0 bridgehead atoms. The molecule has 2 aliphatic heterocycles. The van der Waals surface area contributed by atoms with E-state index in [1.54, 1.807) is 0 Å². The minimum Gasteiger partial charge on any atom is -0.462 e. The minimum absolute atomic E-state index is 0.447. The predicted molar refractivity (Wildman–Crippen MR) is 109 cm³/mol. The zero-order valence-electron chi connectivity index (χ0n) is 16.0. The van der Waals surface area contributed by atoms with Gasteiger partial charge in [0.2, 0.25) is 5.79 Å². The molecule has 1 spiro atoms. The zero-order valence-corrected chi connectivity index (χ0v) is 16.0. The SMILES string of the molecule is [C-]#[N+]c1ccc(Nc2ccc3c(c2)COC2(CCN(C4CCC4)CC2)O3)cc1. The Balaban J connectivity index is 1.25. The maximum absolute atomic E-state index is 7.04. The largest absolute Gasteiger partial charge is 0.462 e. The van der Waals surface area contributed by atoms with Crippen molar-refractivity contribution < 1.29 is 9.47 Å². The summed E-state index contributed by atoms with van der Waals surface area (Å²) in [5.41, 5.74) is 3.68. The van der Waals surface area contributed by atoms with Crippen molar-refractivity contribution in [2.75, 3.05) is 18.4 Å². The molecule has 3 aliphatic rings. The van der Waals surface area contributed by atoms with E-state index in [2.05, 4.69) is 21.1 Å². The highest BCUT2D eigenvalue weighted by molar-refractivity contribution is 5.64. The summed E-state index contributed by atoms with van der Waals surface area (Å²) in [5, 5.41) is 3.39. The Kier molecular flexibility index (Phi) is 4.46. The van der Waals surface area contributed by atoms with E-state index in [1.165, 1.54) is 19.3 Å². The molecule has 0 radical (unpaired) electrons. The molecule has 5 heteroatoms. The van der Waals surface area contributed by atoms with Crippen molar-refractivity contribution in [2.45, 2.75) is 50.5 Å². The fourth-order valence-corrected chi connectivity index (χ4v) is 4.32. The van der Waals surface area contributed by atoms with Crippen LogP contribution in [0.5, 0.6) is 5.75 Å². The van der Waals surface area contributed by atoms with Crippen molar-refractivity contribution in [2.24, 2.45) is 0 Å². The number of hydrogen-bond donors (Lipinski definition) is 1. The van der Waals surface area contributed by atoms with E-state index >= 15 is 0 Å². The van der Waals surface area contributed by atoms with Gasteiger partial charge in [-0.3, -0.25) is 4.90 Å². The zero-order chi connectivity index (χ0) is 19.0. The molecule has 1 saturated carbocycles. The first-order valence-corrected chi connectivity index (χ1v) is 10.2. The first-order chi connectivity index (χ1) is 13.7. The summed E-state index contributed by atoms with van der Waals surface area (Å²) >= 11 is 0. The molecule has 1 aliphatic carbocycles. The van der Waals surface area contributed by atoms with Crippen molar-refractivity contribution in [1.82, 2.24) is 4.90 Å². The van der Waals surface area contributed by atoms with E-state index in [0.717, 1.165) is 54.7 Å². The number of nitrogens with zero attached hydrogens (tertiary/aromatic N) is 2. The molecule has 1 N–H and O–H groups in total. The minimum atomic E-state index is -0.447. The molecule has 2 heterocycles. The Hall–Kier alpha value is -2.55. The maximum Gasteiger partial charge on any atom is 0.213 e. The molecule has 2 aromatic carbocycles. The van der Waals surface area contributed by atoms with E-state index in [-0.39, 0.29) is 0 Å². The maximum atomic E-state index is 7.04. The summed E-state index contributed by atoms with van der Waals surface area (Å²) in [5.74, 6) is 0.495.